The van der Waals surface area contributed by atoms with Crippen LogP contribution in [-0.4, -0.2) is 50.5 Å². The summed E-state index contributed by atoms with van der Waals surface area (Å²) >= 11 is 0. The lowest BCUT2D eigenvalue weighted by atomic mass is 10.1. The molecule has 2 aromatic rings. The molecule has 1 aromatic heterocycles. The van der Waals surface area contributed by atoms with Gasteiger partial charge in [-0.15, -0.1) is 0 Å². The molecule has 0 aliphatic carbocycles. The van der Waals surface area contributed by atoms with Crippen LogP contribution in [0.3, 0.4) is 0 Å². The molecule has 2 heterocycles. The van der Waals surface area contributed by atoms with E-state index in [0.29, 0.717) is 30.8 Å². The third-order valence-corrected chi connectivity index (χ3v) is 6.25. The number of sulfone groups is 1. The molecule has 7 nitrogen and oxygen atoms in total. The molecule has 0 bridgehead atoms. The van der Waals surface area contributed by atoms with Gasteiger partial charge in [-0.2, -0.15) is 0 Å². The van der Waals surface area contributed by atoms with Crippen LogP contribution >= 0.6 is 0 Å². The second kappa shape index (κ2) is 8.39. The first-order valence-electron chi connectivity index (χ1n) is 8.80. The van der Waals surface area contributed by atoms with Crippen molar-refractivity contribution in [2.75, 3.05) is 30.5 Å². The topological polar surface area (TPSA) is 97.4 Å². The number of hydrogen-bond acceptors (Lipinski definition) is 6. The molecule has 0 saturated carbocycles. The summed E-state index contributed by atoms with van der Waals surface area (Å²) in [5, 5.41) is 5.97. The highest BCUT2D eigenvalue weighted by molar-refractivity contribution is 7.91. The highest BCUT2D eigenvalue weighted by Gasteiger charge is 2.27. The van der Waals surface area contributed by atoms with Crippen molar-refractivity contribution >= 4 is 21.6 Å². The van der Waals surface area contributed by atoms with Crippen LogP contribution in [0.15, 0.2) is 42.6 Å². The van der Waals surface area contributed by atoms with Gasteiger partial charge in [-0.3, -0.25) is 4.79 Å². The zero-order valence-corrected chi connectivity index (χ0v) is 16.0. The standard InChI is InChI=1S/C19H23N3O4S/c1-26-17-5-3-2-4-14(17)8-10-20-19(23)15-6-7-18(21-12-15)22-16-9-11-27(24,25)13-16/h2-7,12,16H,8-11,13H2,1H3,(H,20,23)(H,21,22). The number of aromatic nitrogens is 1. The molecule has 1 fully saturated rings. The van der Waals surface area contributed by atoms with Crippen LogP contribution < -0.4 is 15.4 Å². The molecule has 3 rings (SSSR count). The molecule has 1 atom stereocenters. The number of para-hydroxylation sites is 1. The first-order chi connectivity index (χ1) is 13.0. The Balaban J connectivity index is 1.50. The predicted octanol–water partition coefficient (Wildman–Crippen LogP) is 1.66. The van der Waals surface area contributed by atoms with Gasteiger partial charge in [0, 0.05) is 18.8 Å². The van der Waals surface area contributed by atoms with Gasteiger partial charge in [0.15, 0.2) is 9.84 Å². The molecule has 27 heavy (non-hydrogen) atoms. The fourth-order valence-corrected chi connectivity index (χ4v) is 4.73. The Morgan fingerprint density at radius 3 is 2.74 bits per heavy atom. The molecule has 2 N–H and O–H groups in total. The largest absolute Gasteiger partial charge is 0.496 e. The van der Waals surface area contributed by atoms with Crippen LogP contribution in [0.25, 0.3) is 0 Å². The van der Waals surface area contributed by atoms with Gasteiger partial charge in [0.1, 0.15) is 11.6 Å². The van der Waals surface area contributed by atoms with Crippen LogP contribution in [0.2, 0.25) is 0 Å². The number of nitrogens with zero attached hydrogens (tertiary/aromatic N) is 1. The molecule has 0 spiro atoms. The van der Waals surface area contributed by atoms with E-state index >= 15 is 0 Å². The van der Waals surface area contributed by atoms with Crippen LogP contribution in [0.4, 0.5) is 5.82 Å². The number of carbonyl (C=O) groups is 1. The minimum atomic E-state index is -2.94. The molecule has 1 unspecified atom stereocenters. The Labute approximate surface area is 159 Å². The molecular formula is C19H23N3O4S. The number of hydrogen-bond donors (Lipinski definition) is 2. The van der Waals surface area contributed by atoms with E-state index in [1.54, 1.807) is 19.2 Å². The van der Waals surface area contributed by atoms with Crippen molar-refractivity contribution in [3.8, 4) is 5.75 Å². The smallest absolute Gasteiger partial charge is 0.252 e. The highest BCUT2D eigenvalue weighted by Crippen LogP contribution is 2.18. The van der Waals surface area contributed by atoms with E-state index < -0.39 is 9.84 Å². The maximum Gasteiger partial charge on any atom is 0.252 e. The Morgan fingerprint density at radius 1 is 1.26 bits per heavy atom. The SMILES string of the molecule is COc1ccccc1CCNC(=O)c1ccc(NC2CCS(=O)(=O)C2)nc1. The number of anilines is 1. The Bertz CT molecular complexity index is 897. The molecule has 0 radical (unpaired) electrons. The van der Waals surface area contributed by atoms with E-state index in [0.717, 1.165) is 11.3 Å². The van der Waals surface area contributed by atoms with E-state index in [1.165, 1.54) is 6.20 Å². The van der Waals surface area contributed by atoms with Gasteiger partial charge in [0.2, 0.25) is 0 Å². The summed E-state index contributed by atoms with van der Waals surface area (Å²) in [6.45, 7) is 0.485. The number of amides is 1. The number of nitrogens with one attached hydrogen (secondary N) is 2. The molecular weight excluding hydrogens is 366 g/mol. The first kappa shape index (κ1) is 19.2. The highest BCUT2D eigenvalue weighted by atomic mass is 32.2. The number of methoxy groups -OCH3 is 1. The Kier molecular flexibility index (Phi) is 5.95. The van der Waals surface area contributed by atoms with Crippen LogP contribution in [0.5, 0.6) is 5.75 Å². The quantitative estimate of drug-likeness (QED) is 0.748. The maximum atomic E-state index is 12.2. The molecule has 1 aliphatic heterocycles. The summed E-state index contributed by atoms with van der Waals surface area (Å²) in [6.07, 6.45) is 2.73. The summed E-state index contributed by atoms with van der Waals surface area (Å²) in [5.74, 6) is 1.50. The van der Waals surface area contributed by atoms with Crippen molar-refractivity contribution in [1.29, 1.82) is 0 Å². The average Bonchev–Trinajstić information content (AvgIpc) is 3.01. The van der Waals surface area contributed by atoms with Crippen molar-refractivity contribution in [2.24, 2.45) is 0 Å². The summed E-state index contributed by atoms with van der Waals surface area (Å²) in [7, 11) is -1.31. The van der Waals surface area contributed by atoms with Gasteiger partial charge < -0.3 is 15.4 Å². The fourth-order valence-electron chi connectivity index (χ4n) is 3.05. The number of ether oxygens (including phenoxy) is 1. The van der Waals surface area contributed by atoms with Crippen LogP contribution in [0, 0.1) is 0 Å². The number of carbonyl (C=O) groups excluding carboxylic acids is 1. The minimum Gasteiger partial charge on any atom is -0.496 e. The molecule has 1 aliphatic rings. The normalized spacial score (nSPS) is 18.0. The van der Waals surface area contributed by atoms with Crippen molar-refractivity contribution in [1.82, 2.24) is 10.3 Å². The summed E-state index contributed by atoms with van der Waals surface area (Å²) < 4.78 is 28.3. The van der Waals surface area contributed by atoms with E-state index in [9.17, 15) is 13.2 Å². The first-order valence-corrected chi connectivity index (χ1v) is 10.6. The lowest BCUT2D eigenvalue weighted by Crippen LogP contribution is -2.26. The molecule has 1 saturated heterocycles. The van der Waals surface area contributed by atoms with Crippen molar-refractivity contribution < 1.29 is 17.9 Å². The van der Waals surface area contributed by atoms with Crippen molar-refractivity contribution in [3.63, 3.8) is 0 Å². The third kappa shape index (κ3) is 5.19. The van der Waals surface area contributed by atoms with E-state index in [2.05, 4.69) is 15.6 Å². The predicted molar refractivity (Wildman–Crippen MR) is 104 cm³/mol. The van der Waals surface area contributed by atoms with Gasteiger partial charge in [0.25, 0.3) is 5.91 Å². The van der Waals surface area contributed by atoms with Crippen molar-refractivity contribution in [2.45, 2.75) is 18.9 Å². The Morgan fingerprint density at radius 2 is 2.07 bits per heavy atom. The zero-order chi connectivity index (χ0) is 19.3. The number of rotatable bonds is 7. The summed E-state index contributed by atoms with van der Waals surface area (Å²) in [5.41, 5.74) is 1.49. The zero-order valence-electron chi connectivity index (χ0n) is 15.1. The second-order valence-electron chi connectivity index (χ2n) is 6.49. The van der Waals surface area contributed by atoms with Gasteiger partial charge >= 0.3 is 0 Å². The number of benzene rings is 1. The number of pyridine rings is 1. The van der Waals surface area contributed by atoms with E-state index in [1.807, 2.05) is 24.3 Å². The molecule has 8 heteroatoms. The van der Waals surface area contributed by atoms with Gasteiger partial charge in [-0.05, 0) is 36.6 Å². The van der Waals surface area contributed by atoms with E-state index in [-0.39, 0.29) is 23.5 Å². The van der Waals surface area contributed by atoms with Crippen molar-refractivity contribution in [3.05, 3.63) is 53.7 Å². The molecule has 1 aromatic carbocycles. The van der Waals surface area contributed by atoms with E-state index in [4.69, 9.17) is 4.74 Å². The Hall–Kier alpha value is -2.61. The second-order valence-corrected chi connectivity index (χ2v) is 8.72. The third-order valence-electron chi connectivity index (χ3n) is 4.48. The fraction of sp³-hybridized carbons (Fsp3) is 0.368. The lowest BCUT2D eigenvalue weighted by Gasteiger charge is -2.12. The van der Waals surface area contributed by atoms with Gasteiger partial charge in [-0.25, -0.2) is 13.4 Å². The van der Waals surface area contributed by atoms with Gasteiger partial charge in [-0.1, -0.05) is 18.2 Å². The molecule has 144 valence electrons. The average molecular weight is 389 g/mol. The maximum absolute atomic E-state index is 12.2. The lowest BCUT2D eigenvalue weighted by molar-refractivity contribution is 0.0953. The molecule has 1 amide bonds. The van der Waals surface area contributed by atoms with Crippen LogP contribution in [-0.2, 0) is 16.3 Å². The monoisotopic (exact) mass is 389 g/mol. The summed E-state index contributed by atoms with van der Waals surface area (Å²) in [6, 6.07) is 11.0. The summed E-state index contributed by atoms with van der Waals surface area (Å²) in [4.78, 5) is 16.5. The minimum absolute atomic E-state index is 0.122. The van der Waals surface area contributed by atoms with Crippen LogP contribution in [0.1, 0.15) is 22.3 Å². The van der Waals surface area contributed by atoms with Gasteiger partial charge in [0.05, 0.1) is 24.2 Å².